The molecule has 0 aliphatic heterocycles. The molecule has 0 bridgehead atoms. The Kier molecular flexibility index (Phi) is 5.52. The van der Waals surface area contributed by atoms with Crippen molar-refractivity contribution in [2.75, 3.05) is 0 Å². The predicted octanol–water partition coefficient (Wildman–Crippen LogP) is 3.19. The number of unbranched alkanes of at least 4 members (excludes halogenated alkanes) is 2. The largest absolute Gasteiger partial charge is 0.313 e. The van der Waals surface area contributed by atoms with Gasteiger partial charge in [0.05, 0.1) is 5.56 Å². The Hall–Kier alpha value is -1.91. The topological polar surface area (TPSA) is 52.7 Å². The van der Waals surface area contributed by atoms with Gasteiger partial charge in [-0.3, -0.25) is 4.79 Å². The molecule has 0 aliphatic rings. The third-order valence-corrected chi connectivity index (χ3v) is 3.97. The van der Waals surface area contributed by atoms with Gasteiger partial charge in [-0.2, -0.15) is 5.10 Å². The monoisotopic (exact) mass is 302 g/mol. The minimum Gasteiger partial charge on any atom is -0.313 e. The number of rotatable bonds is 7. The fourth-order valence-electron chi connectivity index (χ4n) is 2.68. The lowest BCUT2D eigenvalue weighted by molar-refractivity contribution is 0.635. The third kappa shape index (κ3) is 3.29. The summed E-state index contributed by atoms with van der Waals surface area (Å²) in [5.41, 5.74) is 1.63. The van der Waals surface area contributed by atoms with Gasteiger partial charge in [-0.1, -0.05) is 19.8 Å². The van der Waals surface area contributed by atoms with Crippen LogP contribution in [0.15, 0.2) is 16.9 Å². The van der Waals surface area contributed by atoms with E-state index in [-0.39, 0.29) is 5.56 Å². The Labute approximate surface area is 132 Å². The number of aryl methyl sites for hydroxylation is 3. The summed E-state index contributed by atoms with van der Waals surface area (Å²) >= 11 is 0. The maximum atomic E-state index is 12.6. The van der Waals surface area contributed by atoms with Crippen LogP contribution in [-0.4, -0.2) is 19.3 Å². The molecule has 5 heteroatoms. The second-order valence-corrected chi connectivity index (χ2v) is 5.56. The van der Waals surface area contributed by atoms with Crippen molar-refractivity contribution >= 4 is 0 Å². The summed E-state index contributed by atoms with van der Waals surface area (Å²) in [7, 11) is 0. The molecule has 2 aromatic rings. The molecule has 22 heavy (non-hydrogen) atoms. The Balaban J connectivity index is 2.42. The Morgan fingerprint density at radius 3 is 2.50 bits per heavy atom. The lowest BCUT2D eigenvalue weighted by Gasteiger charge is -2.09. The summed E-state index contributed by atoms with van der Waals surface area (Å²) in [6.45, 7) is 9.54. The van der Waals surface area contributed by atoms with E-state index in [0.717, 1.165) is 30.9 Å². The van der Waals surface area contributed by atoms with Gasteiger partial charge in [0.25, 0.3) is 5.56 Å². The number of pyridine rings is 1. The van der Waals surface area contributed by atoms with Gasteiger partial charge in [0.15, 0.2) is 11.6 Å². The van der Waals surface area contributed by atoms with Gasteiger partial charge in [-0.05, 0) is 39.3 Å². The highest BCUT2D eigenvalue weighted by molar-refractivity contribution is 5.54. The Bertz CT molecular complexity index is 684. The molecule has 0 spiro atoms. The van der Waals surface area contributed by atoms with Crippen molar-refractivity contribution in [3.63, 3.8) is 0 Å². The first-order valence-electron chi connectivity index (χ1n) is 8.26. The van der Waals surface area contributed by atoms with E-state index in [9.17, 15) is 4.79 Å². The highest BCUT2D eigenvalue weighted by Gasteiger charge is 2.15. The van der Waals surface area contributed by atoms with Gasteiger partial charge in [0.1, 0.15) is 0 Å². The minimum absolute atomic E-state index is 0.0182. The summed E-state index contributed by atoms with van der Waals surface area (Å²) in [5, 5.41) is 4.55. The van der Waals surface area contributed by atoms with E-state index in [4.69, 9.17) is 0 Å². The molecule has 2 heterocycles. The molecule has 0 aromatic carbocycles. The van der Waals surface area contributed by atoms with Gasteiger partial charge >= 0.3 is 0 Å². The van der Waals surface area contributed by atoms with Crippen molar-refractivity contribution in [2.45, 2.75) is 66.5 Å². The average Bonchev–Trinajstić information content (AvgIpc) is 2.91. The molecule has 0 amide bonds. The molecule has 0 N–H and O–H groups in total. The molecule has 0 unspecified atom stereocenters. The number of aromatic nitrogens is 4. The van der Waals surface area contributed by atoms with Crippen LogP contribution in [0.1, 0.15) is 51.6 Å². The van der Waals surface area contributed by atoms with Gasteiger partial charge in [0, 0.05) is 25.2 Å². The highest BCUT2D eigenvalue weighted by atomic mass is 16.1. The third-order valence-electron chi connectivity index (χ3n) is 3.97. The van der Waals surface area contributed by atoms with E-state index in [1.165, 1.54) is 12.8 Å². The quantitative estimate of drug-likeness (QED) is 0.738. The molecule has 2 rings (SSSR count). The zero-order valence-corrected chi connectivity index (χ0v) is 14.1. The lowest BCUT2D eigenvalue weighted by atomic mass is 10.2. The lowest BCUT2D eigenvalue weighted by Crippen LogP contribution is -2.23. The molecule has 2 aromatic heterocycles. The Morgan fingerprint density at radius 1 is 1.09 bits per heavy atom. The first-order valence-corrected chi connectivity index (χ1v) is 8.26. The van der Waals surface area contributed by atoms with Crippen molar-refractivity contribution < 1.29 is 0 Å². The summed E-state index contributed by atoms with van der Waals surface area (Å²) in [5.74, 6) is 1.54. The second-order valence-electron chi connectivity index (χ2n) is 5.56. The maximum absolute atomic E-state index is 12.6. The fraction of sp³-hybridized carbons (Fsp3) is 0.588. The summed E-state index contributed by atoms with van der Waals surface area (Å²) < 4.78 is 3.62. The van der Waals surface area contributed by atoms with Gasteiger partial charge in [-0.25, -0.2) is 9.67 Å². The van der Waals surface area contributed by atoms with E-state index in [2.05, 4.69) is 17.0 Å². The highest BCUT2D eigenvalue weighted by Crippen LogP contribution is 2.15. The van der Waals surface area contributed by atoms with Crippen LogP contribution < -0.4 is 5.56 Å². The van der Waals surface area contributed by atoms with E-state index in [1.54, 1.807) is 4.57 Å². The van der Waals surface area contributed by atoms with Crippen molar-refractivity contribution in [1.82, 2.24) is 19.3 Å². The molecular weight excluding hydrogens is 276 g/mol. The van der Waals surface area contributed by atoms with Crippen LogP contribution >= 0.6 is 0 Å². The molecule has 0 atom stereocenters. The predicted molar refractivity (Wildman–Crippen MR) is 89.0 cm³/mol. The summed E-state index contributed by atoms with van der Waals surface area (Å²) in [4.78, 5) is 17.3. The van der Waals surface area contributed by atoms with E-state index in [1.807, 2.05) is 37.6 Å². The molecule has 120 valence electrons. The minimum atomic E-state index is 0.0182. The molecule has 0 saturated carbocycles. The van der Waals surface area contributed by atoms with Crippen LogP contribution in [0.3, 0.4) is 0 Å². The first kappa shape index (κ1) is 16.5. The van der Waals surface area contributed by atoms with Gasteiger partial charge in [0.2, 0.25) is 0 Å². The molecule has 0 saturated heterocycles. The fourth-order valence-corrected chi connectivity index (χ4v) is 2.68. The molecule has 0 fully saturated rings. The van der Waals surface area contributed by atoms with Crippen LogP contribution in [0, 0.1) is 6.92 Å². The first-order chi connectivity index (χ1) is 10.6. The summed E-state index contributed by atoms with van der Waals surface area (Å²) in [6, 6.07) is 3.85. The smallest absolute Gasteiger partial charge is 0.261 e. The van der Waals surface area contributed by atoms with Crippen molar-refractivity contribution in [2.24, 2.45) is 0 Å². The zero-order valence-electron chi connectivity index (χ0n) is 14.1. The van der Waals surface area contributed by atoms with Crippen LogP contribution in [0.25, 0.3) is 11.4 Å². The van der Waals surface area contributed by atoms with Crippen molar-refractivity contribution in [3.05, 3.63) is 34.0 Å². The van der Waals surface area contributed by atoms with Crippen LogP contribution in [-0.2, 0) is 19.5 Å². The van der Waals surface area contributed by atoms with Gasteiger partial charge in [-0.15, -0.1) is 0 Å². The zero-order chi connectivity index (χ0) is 16.1. The van der Waals surface area contributed by atoms with Crippen LogP contribution in [0.4, 0.5) is 0 Å². The second kappa shape index (κ2) is 7.38. The average molecular weight is 302 g/mol. The number of hydrogen-bond acceptors (Lipinski definition) is 3. The van der Waals surface area contributed by atoms with Crippen LogP contribution in [0.2, 0.25) is 0 Å². The van der Waals surface area contributed by atoms with Crippen LogP contribution in [0.5, 0.6) is 0 Å². The SMILES string of the molecule is CCCCCc1nc(-c2ccc(C)n(CC)c2=O)n(CC)n1. The molecular formula is C17H26N4O. The maximum Gasteiger partial charge on any atom is 0.261 e. The van der Waals surface area contributed by atoms with E-state index < -0.39 is 0 Å². The molecule has 0 aliphatic carbocycles. The normalized spacial score (nSPS) is 11.1. The van der Waals surface area contributed by atoms with Crippen molar-refractivity contribution in [3.8, 4) is 11.4 Å². The van der Waals surface area contributed by atoms with E-state index >= 15 is 0 Å². The van der Waals surface area contributed by atoms with Crippen molar-refractivity contribution in [1.29, 1.82) is 0 Å². The van der Waals surface area contributed by atoms with Gasteiger partial charge < -0.3 is 4.57 Å². The number of nitrogens with zero attached hydrogens (tertiary/aromatic N) is 4. The Morgan fingerprint density at radius 2 is 1.86 bits per heavy atom. The summed E-state index contributed by atoms with van der Waals surface area (Å²) in [6.07, 6.45) is 4.34. The van der Waals surface area contributed by atoms with E-state index in [0.29, 0.717) is 17.9 Å². The standard InChI is InChI=1S/C17H26N4O/c1-5-8-9-10-15-18-16(21(7-3)19-15)14-12-11-13(4)20(6-2)17(14)22/h11-12H,5-10H2,1-4H3. The molecule has 5 nitrogen and oxygen atoms in total. The molecule has 0 radical (unpaired) electrons. The number of hydrogen-bond donors (Lipinski definition) is 0.